The van der Waals surface area contributed by atoms with Crippen LogP contribution in [0.25, 0.3) is 33.1 Å². The number of pyridine rings is 1. The van der Waals surface area contributed by atoms with Crippen molar-refractivity contribution in [1.82, 2.24) is 19.9 Å². The Morgan fingerprint density at radius 1 is 0.931 bits per heavy atom. The number of fused-ring (bicyclic) bond motifs is 3. The predicted octanol–water partition coefficient (Wildman–Crippen LogP) is 5.52. The molecule has 6 heteroatoms. The second-order valence-electron chi connectivity index (χ2n) is 7.24. The molecule has 0 atom stereocenters. The summed E-state index contributed by atoms with van der Waals surface area (Å²) < 4.78 is 0. The lowest BCUT2D eigenvalue weighted by molar-refractivity contribution is 0.975. The van der Waals surface area contributed by atoms with Crippen LogP contribution in [0.2, 0.25) is 5.02 Å². The monoisotopic (exact) mass is 397 g/mol. The van der Waals surface area contributed by atoms with Crippen molar-refractivity contribution in [3.8, 4) is 11.1 Å². The van der Waals surface area contributed by atoms with Gasteiger partial charge in [-0.3, -0.25) is 0 Å². The first kappa shape index (κ1) is 16.5. The van der Waals surface area contributed by atoms with Gasteiger partial charge in [0, 0.05) is 46.0 Å². The second-order valence-corrected chi connectivity index (χ2v) is 7.68. The molecule has 0 radical (unpaired) electrons. The summed E-state index contributed by atoms with van der Waals surface area (Å²) in [4.78, 5) is 19.0. The van der Waals surface area contributed by atoms with Crippen molar-refractivity contribution >= 4 is 45.0 Å². The third-order valence-corrected chi connectivity index (χ3v) is 5.78. The van der Waals surface area contributed by atoms with Crippen molar-refractivity contribution in [3.63, 3.8) is 0 Å². The summed E-state index contributed by atoms with van der Waals surface area (Å²) in [5.41, 5.74) is 6.39. The van der Waals surface area contributed by atoms with Crippen LogP contribution in [0.1, 0.15) is 5.56 Å². The lowest BCUT2D eigenvalue weighted by atomic mass is 10.0. The van der Waals surface area contributed by atoms with Crippen molar-refractivity contribution < 1.29 is 0 Å². The predicted molar refractivity (Wildman–Crippen MR) is 117 cm³/mol. The molecule has 0 spiro atoms. The Kier molecular flexibility index (Phi) is 3.58. The number of H-pyrrole nitrogens is 1. The van der Waals surface area contributed by atoms with Crippen molar-refractivity contribution in [1.29, 1.82) is 0 Å². The van der Waals surface area contributed by atoms with Gasteiger partial charge in [0.2, 0.25) is 0 Å². The van der Waals surface area contributed by atoms with Gasteiger partial charge in [0.1, 0.15) is 17.8 Å². The van der Waals surface area contributed by atoms with E-state index >= 15 is 0 Å². The summed E-state index contributed by atoms with van der Waals surface area (Å²) >= 11 is 6.27. The van der Waals surface area contributed by atoms with Gasteiger partial charge in [-0.15, -0.1) is 0 Å². The number of nitrogens with zero attached hydrogens (tertiary/aromatic N) is 4. The van der Waals surface area contributed by atoms with Gasteiger partial charge in [-0.1, -0.05) is 23.7 Å². The zero-order chi connectivity index (χ0) is 19.4. The van der Waals surface area contributed by atoms with E-state index in [-0.39, 0.29) is 0 Å². The lowest BCUT2D eigenvalue weighted by Crippen LogP contribution is -2.15. The molecule has 0 unspecified atom stereocenters. The van der Waals surface area contributed by atoms with Crippen LogP contribution in [0.15, 0.2) is 67.3 Å². The number of aromatic nitrogens is 4. The molecule has 0 fully saturated rings. The third kappa shape index (κ3) is 2.66. The highest BCUT2D eigenvalue weighted by molar-refractivity contribution is 6.31. The lowest BCUT2D eigenvalue weighted by Gasteiger charge is -2.20. The minimum atomic E-state index is 0.737. The van der Waals surface area contributed by atoms with Gasteiger partial charge in [-0.05, 0) is 53.9 Å². The molecule has 0 aliphatic carbocycles. The maximum atomic E-state index is 6.27. The fourth-order valence-corrected chi connectivity index (χ4v) is 4.27. The molecular weight excluding hydrogens is 382 g/mol. The average molecular weight is 398 g/mol. The summed E-state index contributed by atoms with van der Waals surface area (Å²) in [5, 5.41) is 2.85. The van der Waals surface area contributed by atoms with Crippen LogP contribution in [-0.2, 0) is 6.42 Å². The molecule has 2 aromatic carbocycles. The van der Waals surface area contributed by atoms with E-state index in [1.54, 1.807) is 6.33 Å². The van der Waals surface area contributed by atoms with Gasteiger partial charge in [0.25, 0.3) is 0 Å². The highest BCUT2D eigenvalue weighted by atomic mass is 35.5. The Labute approximate surface area is 172 Å². The van der Waals surface area contributed by atoms with Gasteiger partial charge in [-0.25, -0.2) is 15.0 Å². The van der Waals surface area contributed by atoms with Gasteiger partial charge >= 0.3 is 0 Å². The van der Waals surface area contributed by atoms with E-state index in [0.29, 0.717) is 0 Å². The van der Waals surface area contributed by atoms with Crippen molar-refractivity contribution in [3.05, 3.63) is 77.8 Å². The third-order valence-electron chi connectivity index (χ3n) is 5.55. The largest absolute Gasteiger partial charge is 0.346 e. The molecule has 0 saturated carbocycles. The molecule has 29 heavy (non-hydrogen) atoms. The second kappa shape index (κ2) is 6.29. The summed E-state index contributed by atoms with van der Waals surface area (Å²) in [6, 6.07) is 16.5. The van der Waals surface area contributed by atoms with E-state index in [1.807, 2.05) is 36.7 Å². The first-order chi connectivity index (χ1) is 14.3. The molecule has 1 aliphatic heterocycles. The maximum absolute atomic E-state index is 6.27. The summed E-state index contributed by atoms with van der Waals surface area (Å²) in [6.07, 6.45) is 6.41. The molecule has 5 nitrogen and oxygen atoms in total. The number of anilines is 2. The number of hydrogen-bond acceptors (Lipinski definition) is 4. The number of benzene rings is 2. The molecule has 6 rings (SSSR count). The summed E-state index contributed by atoms with van der Waals surface area (Å²) in [6.45, 7) is 0.878. The smallest absolute Gasteiger partial charge is 0.144 e. The molecule has 0 amide bonds. The number of halogens is 1. The zero-order valence-corrected chi connectivity index (χ0v) is 16.2. The molecule has 5 aromatic rings. The Hall–Kier alpha value is -3.44. The number of hydrogen-bond donors (Lipinski definition) is 1. The normalized spacial score (nSPS) is 13.3. The van der Waals surface area contributed by atoms with E-state index in [1.165, 1.54) is 5.56 Å². The van der Waals surface area contributed by atoms with Gasteiger partial charge in [0.05, 0.1) is 5.52 Å². The van der Waals surface area contributed by atoms with Gasteiger partial charge < -0.3 is 9.88 Å². The fraction of sp³-hybridized carbons (Fsp3) is 0.0870. The van der Waals surface area contributed by atoms with Crippen LogP contribution >= 0.6 is 11.6 Å². The molecule has 140 valence electrons. The van der Waals surface area contributed by atoms with E-state index in [2.05, 4.69) is 49.1 Å². The van der Waals surface area contributed by atoms with Crippen LogP contribution in [0.3, 0.4) is 0 Å². The molecule has 1 N–H and O–H groups in total. The van der Waals surface area contributed by atoms with E-state index in [0.717, 1.165) is 62.6 Å². The van der Waals surface area contributed by atoms with Crippen LogP contribution in [-0.4, -0.2) is 26.5 Å². The van der Waals surface area contributed by atoms with Crippen LogP contribution in [0.4, 0.5) is 11.5 Å². The first-order valence-electron chi connectivity index (χ1n) is 9.50. The average Bonchev–Trinajstić information content (AvgIpc) is 3.39. The molecule has 3 aromatic heterocycles. The summed E-state index contributed by atoms with van der Waals surface area (Å²) in [7, 11) is 0. The van der Waals surface area contributed by atoms with Crippen LogP contribution < -0.4 is 4.90 Å². The first-order valence-corrected chi connectivity index (χ1v) is 9.88. The van der Waals surface area contributed by atoms with Gasteiger partial charge in [0.15, 0.2) is 0 Å². The number of aromatic amines is 1. The van der Waals surface area contributed by atoms with Crippen molar-refractivity contribution in [2.45, 2.75) is 6.42 Å². The maximum Gasteiger partial charge on any atom is 0.144 e. The Bertz CT molecular complexity index is 1390. The fourth-order valence-electron chi connectivity index (χ4n) is 4.11. The minimum absolute atomic E-state index is 0.737. The standard InChI is InChI=1S/C23H16ClN5/c24-18-3-1-14-6-8-29(21(14)11-18)23-19-10-15(2-4-20(19)27-13-28-23)17-9-16-5-7-25-22(16)26-12-17/h1-5,7,9-13H,6,8H2,(H,25,26). The highest BCUT2D eigenvalue weighted by Gasteiger charge is 2.23. The number of rotatable bonds is 2. The zero-order valence-electron chi connectivity index (χ0n) is 15.4. The van der Waals surface area contributed by atoms with E-state index in [9.17, 15) is 0 Å². The SMILES string of the molecule is Clc1ccc2c(c1)N(c1ncnc3ccc(-c4cnc5[nH]ccc5c4)cc13)CC2. The van der Waals surface area contributed by atoms with Crippen LogP contribution in [0, 0.1) is 0 Å². The molecule has 4 heterocycles. The highest BCUT2D eigenvalue weighted by Crippen LogP contribution is 2.38. The summed E-state index contributed by atoms with van der Waals surface area (Å²) in [5.74, 6) is 0.911. The van der Waals surface area contributed by atoms with E-state index < -0.39 is 0 Å². The molecule has 1 aliphatic rings. The molecular formula is C23H16ClN5. The topological polar surface area (TPSA) is 57.7 Å². The Balaban J connectivity index is 1.52. The minimum Gasteiger partial charge on any atom is -0.346 e. The quantitative estimate of drug-likeness (QED) is 0.426. The van der Waals surface area contributed by atoms with E-state index in [4.69, 9.17) is 11.6 Å². The Morgan fingerprint density at radius 2 is 1.90 bits per heavy atom. The van der Waals surface area contributed by atoms with Gasteiger partial charge in [-0.2, -0.15) is 0 Å². The van der Waals surface area contributed by atoms with Crippen molar-refractivity contribution in [2.75, 3.05) is 11.4 Å². The number of nitrogens with one attached hydrogen (secondary N) is 1. The van der Waals surface area contributed by atoms with Crippen molar-refractivity contribution in [2.24, 2.45) is 0 Å². The van der Waals surface area contributed by atoms with Crippen LogP contribution in [0.5, 0.6) is 0 Å². The molecule has 0 saturated heterocycles. The molecule has 0 bridgehead atoms. The Morgan fingerprint density at radius 3 is 2.86 bits per heavy atom.